The summed E-state index contributed by atoms with van der Waals surface area (Å²) in [6.07, 6.45) is 3.88. The molecule has 0 saturated carbocycles. The van der Waals surface area contributed by atoms with Crippen molar-refractivity contribution in [1.82, 2.24) is 14.8 Å². The van der Waals surface area contributed by atoms with E-state index in [0.29, 0.717) is 24.0 Å². The van der Waals surface area contributed by atoms with E-state index in [1.54, 1.807) is 17.9 Å². The number of carbonyl (C=O) groups excluding carboxylic acids is 1. The summed E-state index contributed by atoms with van der Waals surface area (Å²) >= 11 is 1.50. The van der Waals surface area contributed by atoms with Crippen LogP contribution in [0.4, 0.5) is 5.82 Å². The van der Waals surface area contributed by atoms with Crippen LogP contribution in [0.5, 0.6) is 11.5 Å². The van der Waals surface area contributed by atoms with Crippen molar-refractivity contribution in [2.45, 2.75) is 12.3 Å². The van der Waals surface area contributed by atoms with Gasteiger partial charge in [0.1, 0.15) is 23.9 Å². The number of hydrogen-bond acceptors (Lipinski definition) is 6. The minimum atomic E-state index is -0.0829. The van der Waals surface area contributed by atoms with Crippen LogP contribution in [0, 0.1) is 0 Å². The second-order valence-corrected chi connectivity index (χ2v) is 8.17. The summed E-state index contributed by atoms with van der Waals surface area (Å²) < 4.78 is 13.6. The molecule has 0 spiro atoms. The minimum Gasteiger partial charge on any atom is -0.497 e. The zero-order chi connectivity index (χ0) is 21.4. The first-order valence-corrected chi connectivity index (χ1v) is 10.6. The third kappa shape index (κ3) is 3.55. The highest BCUT2D eigenvalue weighted by Crippen LogP contribution is 2.39. The van der Waals surface area contributed by atoms with Crippen LogP contribution < -0.4 is 14.8 Å². The number of anilines is 1. The fourth-order valence-electron chi connectivity index (χ4n) is 3.72. The number of methoxy groups -OCH3 is 1. The number of rotatable bonds is 6. The minimum absolute atomic E-state index is 0.0472. The quantitative estimate of drug-likeness (QED) is 0.453. The maximum absolute atomic E-state index is 12.5. The van der Waals surface area contributed by atoms with Gasteiger partial charge < -0.3 is 14.8 Å². The summed E-state index contributed by atoms with van der Waals surface area (Å²) in [6, 6.07) is 13.6. The lowest BCUT2D eigenvalue weighted by Gasteiger charge is -2.23. The third-order valence-corrected chi connectivity index (χ3v) is 6.23. The molecular formula is C23H20N4O3S. The number of amides is 1. The number of aromatic nitrogens is 3. The second-order valence-electron chi connectivity index (χ2n) is 7.16. The van der Waals surface area contributed by atoms with E-state index < -0.39 is 0 Å². The van der Waals surface area contributed by atoms with Crippen molar-refractivity contribution in [2.75, 3.05) is 19.0 Å². The van der Waals surface area contributed by atoms with Crippen molar-refractivity contribution in [3.8, 4) is 16.6 Å². The first kappa shape index (κ1) is 19.3. The summed E-state index contributed by atoms with van der Waals surface area (Å²) in [4.78, 5) is 17.2. The Morgan fingerprint density at radius 3 is 2.84 bits per heavy atom. The van der Waals surface area contributed by atoms with Gasteiger partial charge in [0.05, 0.1) is 23.5 Å². The fraction of sp³-hybridized carbons (Fsp3) is 0.174. The Labute approximate surface area is 182 Å². The first-order chi connectivity index (χ1) is 15.2. The van der Waals surface area contributed by atoms with Crippen molar-refractivity contribution in [3.63, 3.8) is 0 Å². The molecule has 31 heavy (non-hydrogen) atoms. The van der Waals surface area contributed by atoms with Gasteiger partial charge in [-0.2, -0.15) is 9.78 Å². The molecule has 1 amide bonds. The van der Waals surface area contributed by atoms with Crippen molar-refractivity contribution < 1.29 is 14.3 Å². The highest BCUT2D eigenvalue weighted by atomic mass is 32.1. The largest absolute Gasteiger partial charge is 0.497 e. The molecule has 1 aliphatic rings. The van der Waals surface area contributed by atoms with Crippen LogP contribution in [-0.4, -0.2) is 34.4 Å². The van der Waals surface area contributed by atoms with Crippen LogP contribution in [-0.2, 0) is 4.79 Å². The van der Waals surface area contributed by atoms with Gasteiger partial charge in [0.25, 0.3) is 0 Å². The molecule has 0 fully saturated rings. The van der Waals surface area contributed by atoms with Gasteiger partial charge in [-0.15, -0.1) is 0 Å². The molecule has 1 unspecified atom stereocenters. The van der Waals surface area contributed by atoms with Crippen LogP contribution >= 0.6 is 11.3 Å². The van der Waals surface area contributed by atoms with E-state index >= 15 is 0 Å². The van der Waals surface area contributed by atoms with E-state index in [-0.39, 0.29) is 11.8 Å². The molecular weight excluding hydrogens is 412 g/mol. The highest BCUT2D eigenvalue weighted by Gasteiger charge is 2.31. The Kier molecular flexibility index (Phi) is 4.91. The van der Waals surface area contributed by atoms with Gasteiger partial charge in [0.15, 0.2) is 0 Å². The number of thiazole rings is 1. The van der Waals surface area contributed by atoms with E-state index in [1.807, 2.05) is 48.7 Å². The first-order valence-electron chi connectivity index (χ1n) is 9.82. The number of carbonyl (C=O) groups is 1. The molecule has 2 aromatic carbocycles. The van der Waals surface area contributed by atoms with E-state index in [0.717, 1.165) is 32.8 Å². The van der Waals surface area contributed by atoms with E-state index in [9.17, 15) is 4.79 Å². The smallest absolute Gasteiger partial charge is 0.226 e. The van der Waals surface area contributed by atoms with Gasteiger partial charge in [-0.3, -0.25) is 4.79 Å². The van der Waals surface area contributed by atoms with Crippen molar-refractivity contribution in [2.24, 2.45) is 0 Å². The van der Waals surface area contributed by atoms with Crippen LogP contribution in [0.1, 0.15) is 23.5 Å². The standard InChI is InChI=1S/C23H20N4O3S/c1-3-10-30-15-6-4-14(5-7-15)17-12-21(28)26-22-18(17)13-24-27(22)23-25-19-9-8-16(29-2)11-20(19)31-23/h3-9,11,13,17H,1,10,12H2,2H3,(H,26,28). The molecule has 3 heterocycles. The average Bonchev–Trinajstić information content (AvgIpc) is 3.40. The number of benzene rings is 2. The molecule has 2 aromatic heterocycles. The van der Waals surface area contributed by atoms with Gasteiger partial charge >= 0.3 is 0 Å². The molecule has 0 aliphatic carbocycles. The van der Waals surface area contributed by atoms with Crippen LogP contribution in [0.2, 0.25) is 0 Å². The molecule has 1 N–H and O–H groups in total. The molecule has 1 atom stereocenters. The summed E-state index contributed by atoms with van der Waals surface area (Å²) in [5.41, 5.74) is 2.87. The molecule has 1 aliphatic heterocycles. The molecule has 7 nitrogen and oxygen atoms in total. The van der Waals surface area contributed by atoms with E-state index in [2.05, 4.69) is 22.0 Å². The van der Waals surface area contributed by atoms with Crippen molar-refractivity contribution in [1.29, 1.82) is 0 Å². The van der Waals surface area contributed by atoms with Gasteiger partial charge in [-0.25, -0.2) is 4.98 Å². The number of hydrogen-bond donors (Lipinski definition) is 1. The monoisotopic (exact) mass is 432 g/mol. The van der Waals surface area contributed by atoms with Gasteiger partial charge in [-0.05, 0) is 35.9 Å². The zero-order valence-electron chi connectivity index (χ0n) is 16.9. The Balaban J connectivity index is 1.51. The molecule has 156 valence electrons. The predicted octanol–water partition coefficient (Wildman–Crippen LogP) is 4.53. The fourth-order valence-corrected chi connectivity index (χ4v) is 4.68. The third-order valence-electron chi connectivity index (χ3n) is 5.24. The van der Waals surface area contributed by atoms with Crippen LogP contribution in [0.25, 0.3) is 15.3 Å². The summed E-state index contributed by atoms with van der Waals surface area (Å²) in [7, 11) is 1.64. The lowest BCUT2D eigenvalue weighted by atomic mass is 9.87. The van der Waals surface area contributed by atoms with E-state index in [1.165, 1.54) is 11.3 Å². The predicted molar refractivity (Wildman–Crippen MR) is 121 cm³/mol. The molecule has 0 saturated heterocycles. The number of nitrogens with zero attached hydrogens (tertiary/aromatic N) is 3. The Bertz CT molecular complexity index is 1280. The number of nitrogens with one attached hydrogen (secondary N) is 1. The lowest BCUT2D eigenvalue weighted by Crippen LogP contribution is -2.24. The SMILES string of the molecule is C=CCOc1ccc(C2CC(=O)Nc3c2cnn3-c2nc3ccc(OC)cc3s2)cc1. The maximum Gasteiger partial charge on any atom is 0.226 e. The molecule has 0 radical (unpaired) electrons. The Hall–Kier alpha value is -3.65. The van der Waals surface area contributed by atoms with E-state index in [4.69, 9.17) is 9.47 Å². The second kappa shape index (κ2) is 7.88. The zero-order valence-corrected chi connectivity index (χ0v) is 17.7. The lowest BCUT2D eigenvalue weighted by molar-refractivity contribution is -0.116. The molecule has 4 aromatic rings. The van der Waals surface area contributed by atoms with Gasteiger partial charge in [0.2, 0.25) is 11.0 Å². The number of ether oxygens (including phenoxy) is 2. The molecule has 0 bridgehead atoms. The summed E-state index contributed by atoms with van der Waals surface area (Å²) in [5.74, 6) is 2.08. The summed E-state index contributed by atoms with van der Waals surface area (Å²) in [5, 5.41) is 8.23. The summed E-state index contributed by atoms with van der Waals surface area (Å²) in [6.45, 7) is 4.12. The Morgan fingerprint density at radius 2 is 2.06 bits per heavy atom. The number of fused-ring (bicyclic) bond motifs is 2. The maximum atomic E-state index is 12.5. The average molecular weight is 433 g/mol. The van der Waals surface area contributed by atoms with Crippen molar-refractivity contribution in [3.05, 3.63) is 72.4 Å². The molecule has 5 rings (SSSR count). The topological polar surface area (TPSA) is 78.3 Å². The Morgan fingerprint density at radius 1 is 1.26 bits per heavy atom. The van der Waals surface area contributed by atoms with Crippen molar-refractivity contribution >= 4 is 33.3 Å². The highest BCUT2D eigenvalue weighted by molar-refractivity contribution is 7.20. The normalized spacial score (nSPS) is 15.4. The molecule has 8 heteroatoms. The van der Waals surface area contributed by atoms with Crippen LogP contribution in [0.15, 0.2) is 61.3 Å². The van der Waals surface area contributed by atoms with Gasteiger partial charge in [0, 0.05) is 17.9 Å². The van der Waals surface area contributed by atoms with Gasteiger partial charge in [-0.1, -0.05) is 36.1 Å². The van der Waals surface area contributed by atoms with Crippen LogP contribution in [0.3, 0.4) is 0 Å².